The third-order valence-electron chi connectivity index (χ3n) is 4.52. The molecule has 0 bridgehead atoms. The fourth-order valence-corrected chi connectivity index (χ4v) is 4.55. The van der Waals surface area contributed by atoms with Gasteiger partial charge in [0.15, 0.2) is 11.0 Å². The summed E-state index contributed by atoms with van der Waals surface area (Å²) in [5.74, 6) is -0.492. The smallest absolute Gasteiger partial charge is 0.266 e. The molecule has 0 saturated carbocycles. The number of nitrogens with one attached hydrogen (secondary N) is 2. The zero-order chi connectivity index (χ0) is 22.0. The van der Waals surface area contributed by atoms with Crippen molar-refractivity contribution in [3.05, 3.63) is 26.9 Å². The van der Waals surface area contributed by atoms with Crippen LogP contribution in [-0.4, -0.2) is 89.1 Å². The molecule has 166 valence electrons. The van der Waals surface area contributed by atoms with Crippen LogP contribution in [0.3, 0.4) is 0 Å². The molecule has 1 aliphatic heterocycles. The van der Waals surface area contributed by atoms with Crippen LogP contribution in [0.5, 0.6) is 0 Å². The molecule has 1 saturated heterocycles. The summed E-state index contributed by atoms with van der Waals surface area (Å²) in [6.07, 6.45) is 2.98. The van der Waals surface area contributed by atoms with E-state index in [1.54, 1.807) is 0 Å². The van der Waals surface area contributed by atoms with Gasteiger partial charge < -0.3 is 20.3 Å². The average molecular weight is 470 g/mol. The minimum absolute atomic E-state index is 0.00936. The van der Waals surface area contributed by atoms with E-state index in [1.165, 1.54) is 10.8 Å². The Labute approximate surface area is 174 Å². The van der Waals surface area contributed by atoms with Gasteiger partial charge in [0.05, 0.1) is 11.9 Å². The average Bonchev–Trinajstić information content (AvgIpc) is 2.85. The normalized spacial score (nSPS) is 25.4. The van der Waals surface area contributed by atoms with Crippen molar-refractivity contribution in [2.45, 2.75) is 37.5 Å². The van der Waals surface area contributed by atoms with Crippen LogP contribution >= 0.6 is 19.1 Å². The van der Waals surface area contributed by atoms with E-state index < -0.39 is 52.9 Å². The molecule has 1 aromatic heterocycles. The molecule has 0 amide bonds. The number of aliphatic hydroxyl groups is 2. The zero-order valence-electron chi connectivity index (χ0n) is 16.3. The van der Waals surface area contributed by atoms with E-state index in [1.807, 2.05) is 0 Å². The van der Waals surface area contributed by atoms with E-state index in [-0.39, 0.29) is 23.4 Å². The number of nitrogens with zero attached hydrogens (tertiary/aromatic N) is 1. The molecule has 1 aliphatic rings. The maximum absolute atomic E-state index is 12.1. The lowest BCUT2D eigenvalue weighted by Crippen LogP contribution is -2.33. The third-order valence-corrected chi connectivity index (χ3v) is 7.03. The summed E-state index contributed by atoms with van der Waals surface area (Å²) in [5, 5.41) is 23.5. The summed E-state index contributed by atoms with van der Waals surface area (Å²) in [6, 6.07) is 0. The summed E-state index contributed by atoms with van der Waals surface area (Å²) >= 11 is 5.17. The third kappa shape index (κ3) is 7.11. The largest absolute Gasteiger partial charge is 0.388 e. The van der Waals surface area contributed by atoms with Gasteiger partial charge in [0.1, 0.15) is 12.2 Å². The molecule has 0 aliphatic carbocycles. The van der Waals surface area contributed by atoms with Crippen molar-refractivity contribution >= 4 is 35.5 Å². The Morgan fingerprint density at radius 2 is 2.03 bits per heavy atom. The Morgan fingerprint density at radius 3 is 2.62 bits per heavy atom. The van der Waals surface area contributed by atoms with Crippen molar-refractivity contribution in [1.82, 2.24) is 14.9 Å². The Kier molecular flexibility index (Phi) is 8.02. The minimum Gasteiger partial charge on any atom is -0.388 e. The molecular formula is C16H28N3O7PS2. The van der Waals surface area contributed by atoms with E-state index in [9.17, 15) is 23.4 Å². The standard InChI is InChI=1S/C16H28N3O7PS2/c1-27(2,3)6-4-11-12(20)13(21)15(26-11)19-9-10(14(22)18-16(19)28)8-17-5-7-29(23,24)25/h9,11-13,15,17,20-21H,1,4-8H2,2-3H3,(H,18,22,28)(H,23,24,25)/t11-,12-,13-,15-/m1/s1. The molecule has 13 heteroatoms. The van der Waals surface area contributed by atoms with Crippen molar-refractivity contribution in [2.75, 3.05) is 31.8 Å². The summed E-state index contributed by atoms with van der Waals surface area (Å²) in [4.78, 5) is 14.6. The van der Waals surface area contributed by atoms with Gasteiger partial charge in [-0.25, -0.2) is 0 Å². The maximum Gasteiger partial charge on any atom is 0.266 e. The Balaban J connectivity index is 2.15. The molecule has 0 spiro atoms. The molecule has 1 aromatic rings. The van der Waals surface area contributed by atoms with Crippen LogP contribution in [0.25, 0.3) is 0 Å². The van der Waals surface area contributed by atoms with E-state index in [0.717, 1.165) is 6.16 Å². The van der Waals surface area contributed by atoms with Gasteiger partial charge in [0.25, 0.3) is 15.7 Å². The van der Waals surface area contributed by atoms with Gasteiger partial charge in [-0.1, -0.05) is 0 Å². The number of aliphatic hydroxyl groups excluding tert-OH is 2. The number of rotatable bonds is 9. The summed E-state index contributed by atoms with van der Waals surface area (Å²) in [5.41, 5.74) is -0.244. The fourth-order valence-electron chi connectivity index (χ4n) is 2.94. The van der Waals surface area contributed by atoms with Crippen molar-refractivity contribution in [1.29, 1.82) is 0 Å². The Morgan fingerprint density at radius 1 is 1.38 bits per heavy atom. The highest BCUT2D eigenvalue weighted by Gasteiger charge is 2.43. The summed E-state index contributed by atoms with van der Waals surface area (Å²) < 4.78 is 37.5. The minimum atomic E-state index is -4.11. The quantitative estimate of drug-likeness (QED) is 0.141. The van der Waals surface area contributed by atoms with Crippen LogP contribution in [-0.2, 0) is 21.4 Å². The first kappa shape index (κ1) is 24.4. The molecular weight excluding hydrogens is 441 g/mol. The lowest BCUT2D eigenvalue weighted by Gasteiger charge is -2.20. The second-order valence-corrected chi connectivity index (χ2v) is 14.1. The molecule has 0 radical (unpaired) electrons. The molecule has 0 unspecified atom stereocenters. The Bertz CT molecular complexity index is 985. The van der Waals surface area contributed by atoms with Crippen LogP contribution in [0.4, 0.5) is 0 Å². The topological polar surface area (TPSA) is 154 Å². The second kappa shape index (κ2) is 9.52. The van der Waals surface area contributed by atoms with Crippen LogP contribution in [0.1, 0.15) is 18.2 Å². The van der Waals surface area contributed by atoms with E-state index in [0.29, 0.717) is 6.42 Å². The van der Waals surface area contributed by atoms with Crippen LogP contribution < -0.4 is 10.9 Å². The zero-order valence-corrected chi connectivity index (χ0v) is 18.8. The number of ether oxygens (including phenoxy) is 1. The molecule has 4 atom stereocenters. The molecule has 10 nitrogen and oxygen atoms in total. The molecule has 29 heavy (non-hydrogen) atoms. The van der Waals surface area contributed by atoms with Crippen molar-refractivity contribution in [3.63, 3.8) is 0 Å². The highest BCUT2D eigenvalue weighted by molar-refractivity contribution is 7.85. The lowest BCUT2D eigenvalue weighted by molar-refractivity contribution is -0.0392. The van der Waals surface area contributed by atoms with Gasteiger partial charge in [-0.15, -0.1) is 13.2 Å². The molecule has 5 N–H and O–H groups in total. The highest BCUT2D eigenvalue weighted by Crippen LogP contribution is 2.39. The van der Waals surface area contributed by atoms with Gasteiger partial charge in [0.2, 0.25) is 0 Å². The van der Waals surface area contributed by atoms with Crippen molar-refractivity contribution in [3.8, 4) is 0 Å². The maximum atomic E-state index is 12.1. The van der Waals surface area contributed by atoms with Crippen molar-refractivity contribution in [2.24, 2.45) is 0 Å². The molecule has 2 rings (SSSR count). The first-order valence-corrected chi connectivity index (χ1v) is 14.0. The Hall–Kier alpha value is -0.850. The predicted molar refractivity (Wildman–Crippen MR) is 115 cm³/mol. The summed E-state index contributed by atoms with van der Waals surface area (Å²) in [7, 11) is -4.11. The van der Waals surface area contributed by atoms with Crippen molar-refractivity contribution < 1.29 is 27.9 Å². The van der Waals surface area contributed by atoms with Gasteiger partial charge in [-0.3, -0.25) is 18.9 Å². The van der Waals surface area contributed by atoms with Crippen LogP contribution in [0, 0.1) is 4.77 Å². The van der Waals surface area contributed by atoms with Crippen LogP contribution in [0.15, 0.2) is 11.0 Å². The first-order valence-electron chi connectivity index (χ1n) is 8.98. The molecule has 0 aromatic carbocycles. The van der Waals surface area contributed by atoms with E-state index >= 15 is 0 Å². The van der Waals surface area contributed by atoms with E-state index in [2.05, 4.69) is 29.9 Å². The summed E-state index contributed by atoms with van der Waals surface area (Å²) in [6.45, 7) is 2.77. The fraction of sp³-hybridized carbons (Fsp3) is 0.688. The number of hydrogen-bond acceptors (Lipinski definition) is 8. The van der Waals surface area contributed by atoms with Gasteiger partial charge in [0, 0.05) is 24.8 Å². The lowest BCUT2D eigenvalue weighted by atomic mass is 10.1. The molecule has 2 heterocycles. The van der Waals surface area contributed by atoms with Crippen LogP contribution in [0.2, 0.25) is 0 Å². The SMILES string of the molecule is C=P(C)(C)CC[C@H]1O[C@@H](n2cc(CNCCS(=O)(=O)O)c(=O)[nH]c2=S)[C@H](O)[C@@H]1O. The van der Waals surface area contributed by atoms with E-state index in [4.69, 9.17) is 21.5 Å². The number of H-pyrrole nitrogens is 1. The molecule has 1 fully saturated rings. The number of aromatic amines is 1. The van der Waals surface area contributed by atoms with Gasteiger partial charge in [-0.2, -0.15) is 8.42 Å². The highest BCUT2D eigenvalue weighted by atomic mass is 32.2. The first-order chi connectivity index (χ1) is 13.3. The number of aromatic nitrogens is 2. The predicted octanol–water partition coefficient (Wildman–Crippen LogP) is -0.398. The van der Waals surface area contributed by atoms with Gasteiger partial charge >= 0.3 is 0 Å². The second-order valence-electron chi connectivity index (χ2n) is 7.78. The monoisotopic (exact) mass is 469 g/mol. The van der Waals surface area contributed by atoms with Gasteiger partial charge in [-0.05, 0) is 38.1 Å². The number of hydrogen-bond donors (Lipinski definition) is 5.